The van der Waals surface area contributed by atoms with Crippen molar-refractivity contribution in [2.75, 3.05) is 18.1 Å². The van der Waals surface area contributed by atoms with Gasteiger partial charge in [0.05, 0.1) is 17.8 Å². The maximum atomic E-state index is 13.9. The average Bonchev–Trinajstić information content (AvgIpc) is 2.31. The molecule has 0 saturated heterocycles. The number of hydrogen-bond acceptors (Lipinski definition) is 3. The zero-order valence-corrected chi connectivity index (χ0v) is 10.9. The van der Waals surface area contributed by atoms with Gasteiger partial charge in [0.25, 0.3) is 5.92 Å². The third-order valence-electron chi connectivity index (χ3n) is 2.93. The summed E-state index contributed by atoms with van der Waals surface area (Å²) >= 11 is 0. The van der Waals surface area contributed by atoms with Crippen LogP contribution in [0, 0.1) is 5.92 Å². The van der Waals surface area contributed by atoms with E-state index < -0.39 is 11.8 Å². The van der Waals surface area contributed by atoms with Gasteiger partial charge in [-0.25, -0.2) is 13.8 Å². The Morgan fingerprint density at radius 1 is 1.50 bits per heavy atom. The third kappa shape index (κ3) is 2.78. The molecule has 0 radical (unpaired) electrons. The molecule has 1 aromatic heterocycles. The monoisotopic (exact) mass is 255 g/mol. The first-order valence-electron chi connectivity index (χ1n) is 5.78. The molecule has 5 heteroatoms. The van der Waals surface area contributed by atoms with Crippen LogP contribution in [0.5, 0.6) is 0 Å². The number of aromatic nitrogens is 1. The summed E-state index contributed by atoms with van der Waals surface area (Å²) in [6.07, 6.45) is 2.19. The molecule has 18 heavy (non-hydrogen) atoms. The van der Waals surface area contributed by atoms with Gasteiger partial charge >= 0.3 is 0 Å². The second-order valence-electron chi connectivity index (χ2n) is 4.55. The van der Waals surface area contributed by atoms with Crippen LogP contribution in [0.4, 0.5) is 20.3 Å². The zero-order valence-electron chi connectivity index (χ0n) is 10.9. The Morgan fingerprint density at radius 3 is 2.56 bits per heavy atom. The summed E-state index contributed by atoms with van der Waals surface area (Å²) in [6, 6.07) is 1.62. The Kier molecular flexibility index (Phi) is 4.27. The van der Waals surface area contributed by atoms with Crippen molar-refractivity contribution in [1.82, 2.24) is 4.98 Å². The van der Waals surface area contributed by atoms with Gasteiger partial charge in [0.15, 0.2) is 0 Å². The first-order chi connectivity index (χ1) is 8.33. The van der Waals surface area contributed by atoms with Crippen LogP contribution in [0.15, 0.2) is 24.9 Å². The molecule has 100 valence electrons. The molecule has 0 spiro atoms. The largest absolute Gasteiger partial charge is 0.387 e. The minimum Gasteiger partial charge on any atom is -0.387 e. The van der Waals surface area contributed by atoms with Crippen LogP contribution in [0.25, 0.3) is 0 Å². The topological polar surface area (TPSA) is 50.9 Å². The van der Waals surface area contributed by atoms with Gasteiger partial charge in [-0.2, -0.15) is 0 Å². The summed E-state index contributed by atoms with van der Waals surface area (Å²) in [5.41, 5.74) is 6.73. The molecule has 1 atom stereocenters. The molecule has 1 aromatic rings. The second-order valence-corrected chi connectivity index (χ2v) is 4.55. The number of nitrogens with one attached hydrogen (secondary N) is 1. The highest BCUT2D eigenvalue weighted by molar-refractivity contribution is 5.53. The van der Waals surface area contributed by atoms with Crippen LogP contribution in [0.2, 0.25) is 0 Å². The zero-order chi connectivity index (χ0) is 13.9. The molecule has 3 nitrogen and oxygen atoms in total. The van der Waals surface area contributed by atoms with E-state index in [1.54, 1.807) is 27.0 Å². The summed E-state index contributed by atoms with van der Waals surface area (Å²) < 4.78 is 27.9. The number of nitrogen functional groups attached to an aromatic ring is 1. The van der Waals surface area contributed by atoms with Crippen LogP contribution < -0.4 is 11.1 Å². The Bertz CT molecular complexity index is 430. The predicted octanol–water partition coefficient (Wildman–Crippen LogP) is 3.27. The number of hydrogen-bond donors (Lipinski definition) is 2. The summed E-state index contributed by atoms with van der Waals surface area (Å²) in [7, 11) is 1.70. The van der Waals surface area contributed by atoms with E-state index in [2.05, 4.69) is 16.9 Å². The molecule has 0 aliphatic heterocycles. The number of rotatable bonds is 5. The first kappa shape index (κ1) is 14.4. The fourth-order valence-corrected chi connectivity index (χ4v) is 2.02. The van der Waals surface area contributed by atoms with Gasteiger partial charge in [-0.3, -0.25) is 0 Å². The number of nitrogens with zero attached hydrogens (tertiary/aromatic N) is 1. The van der Waals surface area contributed by atoms with Crippen LogP contribution in [-0.4, -0.2) is 18.0 Å². The molecule has 1 unspecified atom stereocenters. The maximum Gasteiger partial charge on any atom is 0.273 e. The van der Waals surface area contributed by atoms with Gasteiger partial charge in [-0.05, 0) is 18.1 Å². The van der Waals surface area contributed by atoms with E-state index in [1.807, 2.05) is 0 Å². The minimum atomic E-state index is -3.02. The number of allylic oxidation sites excluding steroid dienone is 1. The van der Waals surface area contributed by atoms with Crippen molar-refractivity contribution >= 4 is 11.5 Å². The lowest BCUT2D eigenvalue weighted by Crippen LogP contribution is -2.29. The Hall–Kier alpha value is -1.65. The van der Waals surface area contributed by atoms with E-state index in [0.29, 0.717) is 17.3 Å². The van der Waals surface area contributed by atoms with E-state index >= 15 is 0 Å². The van der Waals surface area contributed by atoms with E-state index in [1.165, 1.54) is 6.20 Å². The van der Waals surface area contributed by atoms with Crippen molar-refractivity contribution in [2.45, 2.75) is 25.7 Å². The van der Waals surface area contributed by atoms with Gasteiger partial charge in [-0.15, -0.1) is 0 Å². The average molecular weight is 255 g/mol. The molecule has 0 fully saturated rings. The number of anilines is 2. The lowest BCUT2D eigenvalue weighted by Gasteiger charge is -2.28. The summed E-state index contributed by atoms with van der Waals surface area (Å²) in [5.74, 6) is -4.20. The molecule has 1 heterocycles. The second kappa shape index (κ2) is 5.33. The Labute approximate surface area is 106 Å². The maximum absolute atomic E-state index is 13.9. The van der Waals surface area contributed by atoms with Crippen molar-refractivity contribution in [2.24, 2.45) is 5.92 Å². The van der Waals surface area contributed by atoms with E-state index in [4.69, 9.17) is 5.73 Å². The summed E-state index contributed by atoms with van der Waals surface area (Å²) in [4.78, 5) is 3.95. The van der Waals surface area contributed by atoms with Crippen molar-refractivity contribution < 1.29 is 8.78 Å². The molecule has 0 aliphatic carbocycles. The minimum absolute atomic E-state index is 0.134. The summed E-state index contributed by atoms with van der Waals surface area (Å²) in [6.45, 7) is 6.67. The van der Waals surface area contributed by atoms with Gasteiger partial charge in [0.2, 0.25) is 0 Å². The lowest BCUT2D eigenvalue weighted by atomic mass is 9.83. The molecule has 0 amide bonds. The summed E-state index contributed by atoms with van der Waals surface area (Å²) in [5, 5.41) is 2.87. The Morgan fingerprint density at radius 2 is 2.11 bits per heavy atom. The van der Waals surface area contributed by atoms with E-state index in [0.717, 1.165) is 0 Å². The van der Waals surface area contributed by atoms with E-state index in [-0.39, 0.29) is 11.7 Å². The number of nitrogens with two attached hydrogens (primary N) is 1. The number of pyridine rings is 1. The fourth-order valence-electron chi connectivity index (χ4n) is 2.02. The molecular weight excluding hydrogens is 236 g/mol. The lowest BCUT2D eigenvalue weighted by molar-refractivity contribution is 0.00822. The van der Waals surface area contributed by atoms with Crippen molar-refractivity contribution in [3.05, 3.63) is 30.5 Å². The van der Waals surface area contributed by atoms with Crippen molar-refractivity contribution in [3.8, 4) is 0 Å². The standard InChI is InChI=1S/C13H19F2N3/c1-5-13(14,15)11(8(2)3)10-6-9(17-4)7-18-12(10)16/h5-8,11,17H,1H2,2-4H3,(H2,16,18). The molecule has 0 aliphatic rings. The van der Waals surface area contributed by atoms with Crippen LogP contribution in [0.1, 0.15) is 25.3 Å². The Balaban J connectivity index is 3.34. The molecule has 0 bridgehead atoms. The molecule has 1 rings (SSSR count). The highest BCUT2D eigenvalue weighted by atomic mass is 19.3. The predicted molar refractivity (Wildman–Crippen MR) is 70.9 cm³/mol. The van der Waals surface area contributed by atoms with Gasteiger partial charge in [0.1, 0.15) is 5.82 Å². The van der Waals surface area contributed by atoms with Crippen molar-refractivity contribution in [3.63, 3.8) is 0 Å². The van der Waals surface area contributed by atoms with Gasteiger partial charge < -0.3 is 11.1 Å². The van der Waals surface area contributed by atoms with E-state index in [9.17, 15) is 8.78 Å². The number of alkyl halides is 2. The molecule has 0 saturated carbocycles. The van der Waals surface area contributed by atoms with Crippen LogP contribution in [-0.2, 0) is 0 Å². The third-order valence-corrected chi connectivity index (χ3v) is 2.93. The van der Waals surface area contributed by atoms with Crippen LogP contribution >= 0.6 is 0 Å². The number of halogens is 2. The van der Waals surface area contributed by atoms with Crippen LogP contribution in [0.3, 0.4) is 0 Å². The van der Waals surface area contributed by atoms with Gasteiger partial charge in [0, 0.05) is 12.6 Å². The normalized spacial score (nSPS) is 13.4. The van der Waals surface area contributed by atoms with Crippen molar-refractivity contribution in [1.29, 1.82) is 0 Å². The first-order valence-corrected chi connectivity index (χ1v) is 5.78. The molecule has 3 N–H and O–H groups in total. The molecular formula is C13H19F2N3. The smallest absolute Gasteiger partial charge is 0.273 e. The molecule has 0 aromatic carbocycles. The highest BCUT2D eigenvalue weighted by Gasteiger charge is 2.40. The fraction of sp³-hybridized carbons (Fsp3) is 0.462. The highest BCUT2D eigenvalue weighted by Crippen LogP contribution is 2.42. The SMILES string of the molecule is C=CC(F)(F)C(c1cc(NC)cnc1N)C(C)C. The quantitative estimate of drug-likeness (QED) is 0.794. The van der Waals surface area contributed by atoms with Gasteiger partial charge in [-0.1, -0.05) is 20.4 Å².